The van der Waals surface area contributed by atoms with Crippen molar-refractivity contribution >= 4 is 11.7 Å². The van der Waals surface area contributed by atoms with Crippen LogP contribution in [0.2, 0.25) is 0 Å². The molecule has 2 unspecified atom stereocenters. The summed E-state index contributed by atoms with van der Waals surface area (Å²) in [7, 11) is 0. The Labute approximate surface area is 160 Å². The van der Waals surface area contributed by atoms with Crippen molar-refractivity contribution in [2.75, 3.05) is 6.61 Å². The summed E-state index contributed by atoms with van der Waals surface area (Å²) >= 11 is 0. The average molecular weight is 394 g/mol. The van der Waals surface area contributed by atoms with E-state index in [1.807, 2.05) is 0 Å². The van der Waals surface area contributed by atoms with Gasteiger partial charge in [-0.1, -0.05) is 25.1 Å². The van der Waals surface area contributed by atoms with Crippen LogP contribution >= 0.6 is 0 Å². The molecule has 2 amide bonds. The molecule has 6 N–H and O–H groups in total. The zero-order chi connectivity index (χ0) is 20.6. The van der Waals surface area contributed by atoms with Crippen molar-refractivity contribution in [3.63, 3.8) is 0 Å². The van der Waals surface area contributed by atoms with E-state index in [1.54, 1.807) is 19.1 Å². The van der Waals surface area contributed by atoms with Crippen LogP contribution in [0.25, 0.3) is 0 Å². The summed E-state index contributed by atoms with van der Waals surface area (Å²) < 4.78 is 5.34. The largest absolute Gasteiger partial charge is 0.394 e. The summed E-state index contributed by atoms with van der Waals surface area (Å²) in [4.78, 5) is 24.4. The number of aliphatic hydroxyl groups is 3. The number of hydrogen-bond donors (Lipinski definition) is 5. The second-order valence-electron chi connectivity index (χ2n) is 6.85. The van der Waals surface area contributed by atoms with Gasteiger partial charge in [-0.2, -0.15) is 0 Å². The molecule has 0 bridgehead atoms. The van der Waals surface area contributed by atoms with Gasteiger partial charge in [0.1, 0.15) is 24.0 Å². The fraction of sp³-hybridized carbons (Fsp3) is 0.471. The number of nitrogens with one attached hydrogen (secondary N) is 1. The van der Waals surface area contributed by atoms with E-state index in [1.165, 1.54) is 24.4 Å². The monoisotopic (exact) mass is 394 g/mol. The van der Waals surface area contributed by atoms with Crippen molar-refractivity contribution in [3.8, 4) is 0 Å². The highest BCUT2D eigenvalue weighted by Crippen LogP contribution is 2.34. The lowest BCUT2D eigenvalue weighted by Gasteiger charge is -2.40. The number of nitro groups is 1. The smallest absolute Gasteiger partial charge is 0.325 e. The van der Waals surface area contributed by atoms with Gasteiger partial charge in [-0.25, -0.2) is 4.79 Å². The normalized spacial score (nSPS) is 33.6. The van der Waals surface area contributed by atoms with E-state index in [-0.39, 0.29) is 5.69 Å². The Hall–Kier alpha value is -2.57. The number of rotatable bonds is 5. The quantitative estimate of drug-likeness (QED) is 0.323. The zero-order valence-corrected chi connectivity index (χ0v) is 15.0. The number of carbonyl (C=O) groups excluding carboxylic acids is 1. The van der Waals surface area contributed by atoms with Crippen molar-refractivity contribution in [3.05, 3.63) is 52.2 Å². The third-order valence-corrected chi connectivity index (χ3v) is 5.18. The van der Waals surface area contributed by atoms with E-state index >= 15 is 0 Å². The zero-order valence-electron chi connectivity index (χ0n) is 15.0. The molecule has 0 saturated carbocycles. The number of carbonyl (C=O) groups is 1. The summed E-state index contributed by atoms with van der Waals surface area (Å²) in [5, 5.41) is 43.0. The van der Waals surface area contributed by atoms with Gasteiger partial charge < -0.3 is 31.1 Å². The number of nitrogens with two attached hydrogens (primary N) is 1. The Morgan fingerprint density at radius 2 is 2.07 bits per heavy atom. The minimum Gasteiger partial charge on any atom is -0.394 e. The van der Waals surface area contributed by atoms with Crippen molar-refractivity contribution in [2.24, 2.45) is 5.73 Å². The molecule has 2 aliphatic heterocycles. The maximum Gasteiger partial charge on any atom is 0.325 e. The molecule has 2 heterocycles. The fourth-order valence-electron chi connectivity index (χ4n) is 3.40. The van der Waals surface area contributed by atoms with Crippen LogP contribution < -0.4 is 11.1 Å². The van der Waals surface area contributed by atoms with Crippen molar-refractivity contribution < 1.29 is 29.8 Å². The molecular weight excluding hydrogens is 372 g/mol. The number of hydrogen-bond acceptors (Lipinski definition) is 8. The number of ether oxygens (including phenoxy) is 1. The van der Waals surface area contributed by atoms with Crippen LogP contribution in [0.1, 0.15) is 18.4 Å². The van der Waals surface area contributed by atoms with E-state index in [4.69, 9.17) is 10.5 Å². The molecule has 152 valence electrons. The van der Waals surface area contributed by atoms with Crippen LogP contribution in [0.3, 0.4) is 0 Å². The van der Waals surface area contributed by atoms with E-state index in [0.717, 1.165) is 4.90 Å². The average Bonchev–Trinajstić information content (AvgIpc) is 2.95. The lowest BCUT2D eigenvalue weighted by atomic mass is 9.86. The molecule has 28 heavy (non-hydrogen) atoms. The minimum absolute atomic E-state index is 0.117. The summed E-state index contributed by atoms with van der Waals surface area (Å²) in [6.07, 6.45) is -2.29. The first-order chi connectivity index (χ1) is 13.2. The topological polar surface area (TPSA) is 171 Å². The van der Waals surface area contributed by atoms with Gasteiger partial charge in [0.15, 0.2) is 6.23 Å². The lowest BCUT2D eigenvalue weighted by Crippen LogP contribution is -2.64. The minimum atomic E-state index is -1.43. The van der Waals surface area contributed by atoms with Gasteiger partial charge in [0.2, 0.25) is 0 Å². The maximum atomic E-state index is 12.6. The van der Waals surface area contributed by atoms with Crippen LogP contribution in [0.15, 0.2) is 36.5 Å². The van der Waals surface area contributed by atoms with Crippen LogP contribution in [-0.2, 0) is 4.74 Å². The summed E-state index contributed by atoms with van der Waals surface area (Å²) in [5.41, 5.74) is 5.11. The second kappa shape index (κ2) is 7.45. The first-order valence-corrected chi connectivity index (χ1v) is 8.64. The highest BCUT2D eigenvalue weighted by molar-refractivity contribution is 5.78. The predicted molar refractivity (Wildman–Crippen MR) is 95.7 cm³/mol. The third kappa shape index (κ3) is 3.34. The molecule has 3 rings (SSSR count). The number of para-hydroxylation sites is 1. The molecule has 0 aromatic heterocycles. The van der Waals surface area contributed by atoms with Crippen LogP contribution in [0, 0.1) is 10.1 Å². The maximum absolute atomic E-state index is 12.6. The molecule has 0 spiro atoms. The number of nitrogens with zero attached hydrogens (tertiary/aromatic N) is 2. The number of urea groups is 1. The molecule has 0 radical (unpaired) electrons. The van der Waals surface area contributed by atoms with Gasteiger partial charge in [-0.05, 0) is 6.08 Å². The van der Waals surface area contributed by atoms with E-state index in [9.17, 15) is 30.2 Å². The van der Waals surface area contributed by atoms with Crippen molar-refractivity contribution in [1.29, 1.82) is 0 Å². The Morgan fingerprint density at radius 3 is 2.64 bits per heavy atom. The third-order valence-electron chi connectivity index (χ3n) is 5.18. The van der Waals surface area contributed by atoms with Crippen LogP contribution in [0.5, 0.6) is 0 Å². The first kappa shape index (κ1) is 20.2. The Balaban J connectivity index is 1.86. The second-order valence-corrected chi connectivity index (χ2v) is 6.85. The molecule has 11 heteroatoms. The van der Waals surface area contributed by atoms with Gasteiger partial charge in [0, 0.05) is 23.7 Å². The Bertz CT molecular complexity index is 803. The molecular formula is C17H22N4O7. The standard InChI is InChI=1S/C17H22N4O7/c1-9(10-4-2-3-5-11(10)21(26)27)17(18)6-7-20(16(25)19-17)15-14(24)13(23)12(8-22)28-15/h2-7,9,12-15,22-24H,8,18H2,1H3,(H,19,25)/t9?,12-,13-,14-,15-,17?/m1/s1. The van der Waals surface area contributed by atoms with E-state index < -0.39 is 53.7 Å². The van der Waals surface area contributed by atoms with Gasteiger partial charge in [0.25, 0.3) is 5.69 Å². The van der Waals surface area contributed by atoms with Gasteiger partial charge in [0.05, 0.1) is 11.5 Å². The van der Waals surface area contributed by atoms with Gasteiger partial charge >= 0.3 is 6.03 Å². The van der Waals surface area contributed by atoms with Crippen molar-refractivity contribution in [1.82, 2.24) is 10.2 Å². The molecule has 2 aliphatic rings. The Kier molecular flexibility index (Phi) is 5.37. The van der Waals surface area contributed by atoms with Gasteiger partial charge in [-0.3, -0.25) is 15.0 Å². The Morgan fingerprint density at radius 1 is 1.39 bits per heavy atom. The number of aliphatic hydroxyl groups excluding tert-OH is 3. The highest BCUT2D eigenvalue weighted by atomic mass is 16.6. The predicted octanol–water partition coefficient (Wildman–Crippen LogP) is -0.669. The molecule has 6 atom stereocenters. The van der Waals surface area contributed by atoms with E-state index in [2.05, 4.69) is 5.32 Å². The molecule has 1 aromatic carbocycles. The lowest BCUT2D eigenvalue weighted by molar-refractivity contribution is -0.385. The van der Waals surface area contributed by atoms with Crippen molar-refractivity contribution in [2.45, 2.75) is 43.0 Å². The SMILES string of the molecule is CC(c1ccccc1[N+](=O)[O-])C1(N)C=CN([C@@H]2O[C@H](CO)[C@@H](O)[C@H]2O)C(=O)N1. The highest BCUT2D eigenvalue weighted by Gasteiger charge is 2.48. The first-order valence-electron chi connectivity index (χ1n) is 8.64. The molecule has 1 aromatic rings. The number of benzene rings is 1. The summed E-state index contributed by atoms with van der Waals surface area (Å²) in [6, 6.07) is 5.38. The van der Waals surface area contributed by atoms with Crippen LogP contribution in [0.4, 0.5) is 10.5 Å². The van der Waals surface area contributed by atoms with E-state index in [0.29, 0.717) is 5.56 Å². The number of amides is 2. The number of nitro benzene ring substituents is 1. The van der Waals surface area contributed by atoms with Gasteiger partial charge in [-0.15, -0.1) is 0 Å². The summed E-state index contributed by atoms with van der Waals surface area (Å²) in [6.45, 7) is 1.12. The van der Waals surface area contributed by atoms with Crippen LogP contribution in [-0.4, -0.2) is 68.0 Å². The molecule has 11 nitrogen and oxygen atoms in total. The summed E-state index contributed by atoms with van der Waals surface area (Å²) in [5.74, 6) is -0.651. The molecule has 1 saturated heterocycles. The molecule has 0 aliphatic carbocycles. The molecule has 1 fully saturated rings. The fourth-order valence-corrected chi connectivity index (χ4v) is 3.40.